The van der Waals surface area contributed by atoms with Gasteiger partial charge in [-0.05, 0) is 31.4 Å². The van der Waals surface area contributed by atoms with Crippen molar-refractivity contribution in [3.63, 3.8) is 0 Å². The Morgan fingerprint density at radius 2 is 1.90 bits per heavy atom. The molecule has 0 unspecified atom stereocenters. The molecule has 1 N–H and O–H groups in total. The van der Waals surface area contributed by atoms with Crippen LogP contribution in [0.5, 0.6) is 0 Å². The van der Waals surface area contributed by atoms with E-state index >= 15 is 0 Å². The second-order valence-electron chi connectivity index (χ2n) is 4.53. The number of benzene rings is 1. The van der Waals surface area contributed by atoms with Gasteiger partial charge in [-0.1, -0.05) is 35.7 Å². The summed E-state index contributed by atoms with van der Waals surface area (Å²) in [4.78, 5) is 10.8. The Kier molecular flexibility index (Phi) is 6.71. The molecule has 0 bridgehead atoms. The van der Waals surface area contributed by atoms with Gasteiger partial charge in [0.2, 0.25) is 0 Å². The number of hydrogen-bond donors (Lipinski definition) is 1. The third-order valence-corrected chi connectivity index (χ3v) is 5.45. The van der Waals surface area contributed by atoms with E-state index in [-0.39, 0.29) is 26.3 Å². The molecule has 0 aliphatic heterocycles. The molecule has 1 aromatic rings. The highest BCUT2D eigenvalue weighted by Gasteiger charge is 2.23. The maximum absolute atomic E-state index is 12.3. The fourth-order valence-corrected chi connectivity index (χ4v) is 4.13. The second-order valence-corrected chi connectivity index (χ2v) is 7.42. The van der Waals surface area contributed by atoms with Gasteiger partial charge in [0, 0.05) is 5.02 Å². The summed E-state index contributed by atoms with van der Waals surface area (Å²) >= 11 is 11.7. The molecule has 0 heterocycles. The molecule has 0 saturated carbocycles. The molecule has 116 valence electrons. The summed E-state index contributed by atoms with van der Waals surface area (Å²) in [5, 5.41) is 8.74. The lowest BCUT2D eigenvalue weighted by atomic mass is 10.2. The van der Waals surface area contributed by atoms with Crippen LogP contribution in [0.4, 0.5) is 0 Å². The zero-order valence-electron chi connectivity index (χ0n) is 11.3. The lowest BCUT2D eigenvalue weighted by molar-refractivity contribution is 0.0697. The van der Waals surface area contributed by atoms with Gasteiger partial charge in [-0.15, -0.1) is 6.58 Å². The van der Waals surface area contributed by atoms with Gasteiger partial charge < -0.3 is 5.11 Å². The predicted molar refractivity (Wildman–Crippen MR) is 84.1 cm³/mol. The van der Waals surface area contributed by atoms with E-state index in [1.807, 2.05) is 0 Å². The Morgan fingerprint density at radius 1 is 1.24 bits per heavy atom. The largest absolute Gasteiger partial charge is 0.478 e. The van der Waals surface area contributed by atoms with Crippen molar-refractivity contribution in [1.29, 1.82) is 0 Å². The minimum atomic E-state index is -3.66. The van der Waals surface area contributed by atoms with E-state index in [4.69, 9.17) is 28.3 Å². The molecule has 0 aromatic heterocycles. The SMILES string of the molecule is C=CCCCCCS(=O)(=O)c1cc(Cl)cc(C(=O)O)c1Cl. The first-order chi connectivity index (χ1) is 9.79. The van der Waals surface area contributed by atoms with Gasteiger partial charge in [0.25, 0.3) is 0 Å². The van der Waals surface area contributed by atoms with Crippen LogP contribution in [0.2, 0.25) is 10.0 Å². The van der Waals surface area contributed by atoms with Crippen LogP contribution in [0.3, 0.4) is 0 Å². The lowest BCUT2D eigenvalue weighted by Gasteiger charge is -2.09. The third-order valence-electron chi connectivity index (χ3n) is 2.89. The maximum atomic E-state index is 12.3. The van der Waals surface area contributed by atoms with E-state index in [0.29, 0.717) is 6.42 Å². The van der Waals surface area contributed by atoms with Crippen molar-refractivity contribution in [3.05, 3.63) is 40.4 Å². The minimum Gasteiger partial charge on any atom is -0.478 e. The van der Waals surface area contributed by atoms with E-state index in [1.54, 1.807) is 6.08 Å². The molecule has 21 heavy (non-hydrogen) atoms. The summed E-state index contributed by atoms with van der Waals surface area (Å²) in [6.07, 6.45) is 4.70. The van der Waals surface area contributed by atoms with Gasteiger partial charge in [0.15, 0.2) is 9.84 Å². The first-order valence-electron chi connectivity index (χ1n) is 6.35. The van der Waals surface area contributed by atoms with E-state index in [9.17, 15) is 13.2 Å². The number of carboxylic acids is 1. The Hall–Kier alpha value is -1.04. The number of rotatable bonds is 8. The summed E-state index contributed by atoms with van der Waals surface area (Å²) < 4.78 is 24.5. The zero-order chi connectivity index (χ0) is 16.0. The van der Waals surface area contributed by atoms with Crippen LogP contribution < -0.4 is 0 Å². The number of unbranched alkanes of at least 4 members (excludes halogenated alkanes) is 3. The van der Waals surface area contributed by atoms with Crippen molar-refractivity contribution in [2.24, 2.45) is 0 Å². The van der Waals surface area contributed by atoms with Crippen LogP contribution in [0.1, 0.15) is 36.0 Å². The van der Waals surface area contributed by atoms with Crippen LogP contribution in [-0.2, 0) is 9.84 Å². The molecule has 0 aliphatic carbocycles. The lowest BCUT2D eigenvalue weighted by Crippen LogP contribution is -2.10. The Labute approximate surface area is 134 Å². The van der Waals surface area contributed by atoms with Crippen molar-refractivity contribution in [1.82, 2.24) is 0 Å². The highest BCUT2D eigenvalue weighted by atomic mass is 35.5. The molecule has 0 saturated heterocycles. The molecular formula is C14H16Cl2O4S. The Bertz CT molecular complexity index is 639. The number of hydrogen-bond acceptors (Lipinski definition) is 3. The van der Waals surface area contributed by atoms with Gasteiger partial charge in [-0.3, -0.25) is 0 Å². The fraction of sp³-hybridized carbons (Fsp3) is 0.357. The molecule has 0 amide bonds. The summed E-state index contributed by atoms with van der Waals surface area (Å²) in [5.41, 5.74) is -0.311. The Balaban J connectivity index is 2.98. The van der Waals surface area contributed by atoms with Gasteiger partial charge in [0.1, 0.15) is 0 Å². The van der Waals surface area contributed by atoms with E-state index < -0.39 is 15.8 Å². The number of halogens is 2. The molecule has 0 atom stereocenters. The van der Waals surface area contributed by atoms with Crippen molar-refractivity contribution >= 4 is 39.0 Å². The van der Waals surface area contributed by atoms with Crippen molar-refractivity contribution in [3.8, 4) is 0 Å². The third kappa shape index (κ3) is 5.02. The molecule has 7 heteroatoms. The molecule has 0 radical (unpaired) electrons. The van der Waals surface area contributed by atoms with Crippen LogP contribution in [0, 0.1) is 0 Å². The highest BCUT2D eigenvalue weighted by molar-refractivity contribution is 7.91. The number of sulfone groups is 1. The first-order valence-corrected chi connectivity index (χ1v) is 8.76. The van der Waals surface area contributed by atoms with Gasteiger partial charge in [0.05, 0.1) is 21.2 Å². The maximum Gasteiger partial charge on any atom is 0.337 e. The van der Waals surface area contributed by atoms with Crippen molar-refractivity contribution < 1.29 is 18.3 Å². The van der Waals surface area contributed by atoms with Crippen molar-refractivity contribution in [2.75, 3.05) is 5.75 Å². The highest BCUT2D eigenvalue weighted by Crippen LogP contribution is 2.30. The smallest absolute Gasteiger partial charge is 0.337 e. The molecular weight excluding hydrogens is 335 g/mol. The number of allylic oxidation sites excluding steroid dienone is 1. The topological polar surface area (TPSA) is 71.4 Å². The summed E-state index contributed by atoms with van der Waals surface area (Å²) in [6.45, 7) is 3.60. The summed E-state index contributed by atoms with van der Waals surface area (Å²) in [5.74, 6) is -1.41. The second kappa shape index (κ2) is 7.82. The molecule has 0 aliphatic rings. The van der Waals surface area contributed by atoms with Crippen LogP contribution in [0.25, 0.3) is 0 Å². The zero-order valence-corrected chi connectivity index (χ0v) is 13.6. The number of aromatic carboxylic acids is 1. The Morgan fingerprint density at radius 3 is 2.48 bits per heavy atom. The molecule has 4 nitrogen and oxygen atoms in total. The summed E-state index contributed by atoms with van der Waals surface area (Å²) in [7, 11) is -3.66. The average molecular weight is 351 g/mol. The number of carbonyl (C=O) groups is 1. The van der Waals surface area contributed by atoms with Crippen LogP contribution >= 0.6 is 23.2 Å². The monoisotopic (exact) mass is 350 g/mol. The quantitative estimate of drug-likeness (QED) is 0.562. The normalized spacial score (nSPS) is 11.3. The molecule has 1 aromatic carbocycles. The first kappa shape index (κ1) is 18.0. The van der Waals surface area contributed by atoms with Crippen LogP contribution in [0.15, 0.2) is 29.7 Å². The van der Waals surface area contributed by atoms with E-state index in [1.165, 1.54) is 6.07 Å². The van der Waals surface area contributed by atoms with Crippen LogP contribution in [-0.4, -0.2) is 25.2 Å². The molecule has 0 fully saturated rings. The van der Waals surface area contributed by atoms with Gasteiger partial charge >= 0.3 is 5.97 Å². The predicted octanol–water partition coefficient (Wildman–Crippen LogP) is 4.21. The fourth-order valence-electron chi connectivity index (χ4n) is 1.81. The van der Waals surface area contributed by atoms with Gasteiger partial charge in [-0.2, -0.15) is 0 Å². The average Bonchev–Trinajstić information content (AvgIpc) is 2.40. The number of carboxylic acid groups (broad SMARTS) is 1. The molecule has 1 rings (SSSR count). The summed E-state index contributed by atoms with van der Waals surface area (Å²) in [6, 6.07) is 2.32. The standard InChI is InChI=1S/C14H16Cl2O4S/c1-2-3-4-5-6-7-21(19,20)12-9-10(15)8-11(13(12)16)14(17)18/h2,8-9H,1,3-7H2,(H,17,18). The molecule has 0 spiro atoms. The van der Waals surface area contributed by atoms with E-state index in [0.717, 1.165) is 25.3 Å². The minimum absolute atomic E-state index is 0.0297. The van der Waals surface area contributed by atoms with E-state index in [2.05, 4.69) is 6.58 Å². The van der Waals surface area contributed by atoms with Gasteiger partial charge in [-0.25, -0.2) is 13.2 Å². The van der Waals surface area contributed by atoms with Crippen molar-refractivity contribution in [2.45, 2.75) is 30.6 Å².